The smallest absolute Gasteiger partial charge is 0.0392 e. The number of hydrogen-bond donors (Lipinski definition) is 0. The maximum Gasteiger partial charge on any atom is -0.0392 e. The molecule has 0 aliphatic heterocycles. The lowest BCUT2D eigenvalue weighted by molar-refractivity contribution is 1.23. The van der Waals surface area contributed by atoms with Crippen molar-refractivity contribution in [1.29, 1.82) is 0 Å². The van der Waals surface area contributed by atoms with Crippen LogP contribution in [0.25, 0.3) is 0 Å². The van der Waals surface area contributed by atoms with Crippen molar-refractivity contribution in [3.8, 4) is 0 Å². The summed E-state index contributed by atoms with van der Waals surface area (Å²) in [6.07, 6.45) is 0. The predicted octanol–water partition coefficient (Wildman–Crippen LogP) is 4.58. The van der Waals surface area contributed by atoms with Crippen molar-refractivity contribution in [3.63, 3.8) is 0 Å². The molecule has 0 bridgehead atoms. The second kappa shape index (κ2) is 6.71. The van der Waals surface area contributed by atoms with Gasteiger partial charge in [-0.25, -0.2) is 0 Å². The molecule has 0 fully saturated rings. The van der Waals surface area contributed by atoms with Gasteiger partial charge in [0.1, 0.15) is 0 Å². The zero-order valence-corrected chi connectivity index (χ0v) is 9.15. The van der Waals surface area contributed by atoms with Crippen LogP contribution in [0.1, 0.15) is 43.5 Å². The molecule has 1 aromatic rings. The summed E-state index contributed by atoms with van der Waals surface area (Å²) in [7, 11) is 0. The van der Waals surface area contributed by atoms with Gasteiger partial charge in [-0.05, 0) is 44.4 Å². The lowest BCUT2D eigenvalue weighted by Crippen LogP contribution is -1.86. The summed E-state index contributed by atoms with van der Waals surface area (Å²) in [5.41, 5.74) is 5.58. The number of benzene rings is 1. The van der Waals surface area contributed by atoms with Crippen LogP contribution in [0.4, 0.5) is 0 Å². The van der Waals surface area contributed by atoms with Crippen LogP contribution >= 0.6 is 0 Å². The molecule has 0 radical (unpaired) electrons. The third-order valence-corrected chi connectivity index (χ3v) is 2.07. The van der Waals surface area contributed by atoms with Gasteiger partial charge in [0.2, 0.25) is 0 Å². The lowest BCUT2D eigenvalue weighted by Gasteiger charge is -2.04. The van der Waals surface area contributed by atoms with Crippen LogP contribution in [0, 0.1) is 27.7 Å². The molecule has 0 aromatic heterocycles. The molecule has 0 heteroatoms. The second-order valence-electron chi connectivity index (χ2n) is 3.02. The molecule has 0 nitrogen and oxygen atoms in total. The number of rotatable bonds is 0. The zero-order chi connectivity index (χ0) is 9.72. The molecule has 13 heavy (non-hydrogen) atoms. The van der Waals surface area contributed by atoms with Crippen molar-refractivity contribution < 1.29 is 0 Å². The summed E-state index contributed by atoms with van der Waals surface area (Å²) in [6.45, 7) is 12.6. The van der Waals surface area contributed by atoms with Crippen molar-refractivity contribution >= 4 is 0 Å². The number of aryl methyl sites for hydroxylation is 3. The Morgan fingerprint density at radius 3 is 1.38 bits per heavy atom. The van der Waals surface area contributed by atoms with Gasteiger partial charge in [0, 0.05) is 0 Å². The molecule has 0 saturated carbocycles. The molecule has 0 spiro atoms. The maximum atomic E-state index is 2.22. The highest BCUT2D eigenvalue weighted by molar-refractivity contribution is 5.35. The second-order valence-corrected chi connectivity index (χ2v) is 3.02. The van der Waals surface area contributed by atoms with Crippen LogP contribution in [-0.4, -0.2) is 0 Å². The van der Waals surface area contributed by atoms with Gasteiger partial charge in [-0.1, -0.05) is 39.0 Å². The largest absolute Gasteiger partial charge is 0.0776 e. The Kier molecular flexibility index (Phi) is 7.60. The summed E-state index contributed by atoms with van der Waals surface area (Å²) >= 11 is 0. The predicted molar refractivity (Wildman–Crippen MR) is 63.5 cm³/mol. The van der Waals surface area contributed by atoms with Gasteiger partial charge in [-0.2, -0.15) is 0 Å². The highest BCUT2D eigenvalue weighted by Crippen LogP contribution is 2.13. The summed E-state index contributed by atoms with van der Waals surface area (Å²) in [4.78, 5) is 0. The molecule has 0 amide bonds. The van der Waals surface area contributed by atoms with E-state index in [0.717, 1.165) is 0 Å². The van der Waals surface area contributed by atoms with E-state index in [0.29, 0.717) is 0 Å². The average molecular weight is 180 g/mol. The van der Waals surface area contributed by atoms with Crippen molar-refractivity contribution in [2.75, 3.05) is 0 Å². The van der Waals surface area contributed by atoms with Crippen LogP contribution < -0.4 is 0 Å². The summed E-state index contributed by atoms with van der Waals surface area (Å²) in [6, 6.07) is 4.45. The highest BCUT2D eigenvalue weighted by Gasteiger charge is 1.95. The Balaban J connectivity index is 0. The van der Waals surface area contributed by atoms with E-state index in [-0.39, 0.29) is 7.43 Å². The van der Waals surface area contributed by atoms with Gasteiger partial charge in [0.05, 0.1) is 0 Å². The van der Waals surface area contributed by atoms with Crippen molar-refractivity contribution in [2.24, 2.45) is 0 Å². The van der Waals surface area contributed by atoms with Gasteiger partial charge in [-0.3, -0.25) is 0 Å². The summed E-state index contributed by atoms with van der Waals surface area (Å²) < 4.78 is 0. The minimum Gasteiger partial charge on any atom is -0.0776 e. The first kappa shape index (κ1) is 14.7. The first-order valence-corrected chi connectivity index (χ1v) is 4.65. The van der Waals surface area contributed by atoms with Crippen LogP contribution in [0.5, 0.6) is 0 Å². The molecular weight excluding hydrogens is 156 g/mol. The molecule has 1 aromatic carbocycles. The Labute approximate surface area is 84.0 Å². The van der Waals surface area contributed by atoms with Crippen LogP contribution in [0.2, 0.25) is 0 Å². The zero-order valence-electron chi connectivity index (χ0n) is 9.15. The van der Waals surface area contributed by atoms with Crippen molar-refractivity contribution in [2.45, 2.75) is 49.0 Å². The van der Waals surface area contributed by atoms with Crippen LogP contribution in [0.3, 0.4) is 0 Å². The molecule has 0 N–H and O–H groups in total. The van der Waals surface area contributed by atoms with Gasteiger partial charge in [0.15, 0.2) is 0 Å². The molecule has 0 saturated heterocycles. The molecular formula is C13H24. The first-order chi connectivity index (χ1) is 5.61. The first-order valence-electron chi connectivity index (χ1n) is 4.65. The normalized spacial score (nSPS) is 8.15. The molecule has 76 valence electrons. The van der Waals surface area contributed by atoms with E-state index in [1.54, 1.807) is 0 Å². The van der Waals surface area contributed by atoms with Crippen molar-refractivity contribution in [1.82, 2.24) is 0 Å². The third kappa shape index (κ3) is 4.12. The molecule has 0 heterocycles. The van der Waals surface area contributed by atoms with E-state index in [4.69, 9.17) is 0 Å². The summed E-state index contributed by atoms with van der Waals surface area (Å²) in [5, 5.41) is 0. The summed E-state index contributed by atoms with van der Waals surface area (Å²) in [5.74, 6) is 0. The van der Waals surface area contributed by atoms with E-state index in [2.05, 4.69) is 39.8 Å². The average Bonchev–Trinajstić information content (AvgIpc) is 2.04. The van der Waals surface area contributed by atoms with E-state index in [1.165, 1.54) is 22.3 Å². The van der Waals surface area contributed by atoms with Crippen LogP contribution in [-0.2, 0) is 0 Å². The third-order valence-electron chi connectivity index (χ3n) is 2.07. The van der Waals surface area contributed by atoms with E-state index in [1.807, 2.05) is 13.8 Å². The topological polar surface area (TPSA) is 0 Å². The Hall–Kier alpha value is -0.780. The Morgan fingerprint density at radius 2 is 1.08 bits per heavy atom. The van der Waals surface area contributed by atoms with Gasteiger partial charge in [0.25, 0.3) is 0 Å². The highest BCUT2D eigenvalue weighted by atomic mass is 14.0. The molecule has 1 rings (SSSR count). The molecule has 0 aliphatic carbocycles. The quantitative estimate of drug-likeness (QED) is 0.548. The van der Waals surface area contributed by atoms with Gasteiger partial charge in [-0.15, -0.1) is 0 Å². The van der Waals surface area contributed by atoms with Crippen LogP contribution in [0.15, 0.2) is 12.1 Å². The molecule has 0 aliphatic rings. The van der Waals surface area contributed by atoms with E-state index >= 15 is 0 Å². The van der Waals surface area contributed by atoms with Gasteiger partial charge < -0.3 is 0 Å². The fourth-order valence-corrected chi connectivity index (χ4v) is 1.25. The maximum absolute atomic E-state index is 2.22. The standard InChI is InChI=1S/C10H14.C2H6.CH4/c1-7-5-8(2)10(4)9(3)6-7;1-2;/h5-6H,1-4H3;1-2H3;1H4. The minimum atomic E-state index is 0. The van der Waals surface area contributed by atoms with E-state index < -0.39 is 0 Å². The van der Waals surface area contributed by atoms with Gasteiger partial charge >= 0.3 is 0 Å². The minimum absolute atomic E-state index is 0. The Bertz CT molecular complexity index is 223. The fourth-order valence-electron chi connectivity index (χ4n) is 1.25. The SMILES string of the molecule is C.CC.Cc1cc(C)c(C)c(C)c1. The Morgan fingerprint density at radius 1 is 0.769 bits per heavy atom. The molecule has 0 unspecified atom stereocenters. The fraction of sp³-hybridized carbons (Fsp3) is 0.538. The number of hydrogen-bond acceptors (Lipinski definition) is 0. The molecule has 0 atom stereocenters. The van der Waals surface area contributed by atoms with E-state index in [9.17, 15) is 0 Å². The van der Waals surface area contributed by atoms with Crippen molar-refractivity contribution in [3.05, 3.63) is 34.4 Å². The monoisotopic (exact) mass is 180 g/mol. The lowest BCUT2D eigenvalue weighted by atomic mass is 10.0.